The highest BCUT2D eigenvalue weighted by Gasteiger charge is 2.23. The number of nitrogens with one attached hydrogen (secondary N) is 1. The molecule has 2 aromatic carbocycles. The van der Waals surface area contributed by atoms with E-state index in [1.807, 2.05) is 24.3 Å². The summed E-state index contributed by atoms with van der Waals surface area (Å²) >= 11 is 5.91. The molecule has 2 N–H and O–H groups in total. The average Bonchev–Trinajstić information content (AvgIpc) is 2.84. The highest BCUT2D eigenvalue weighted by molar-refractivity contribution is 6.18. The number of carbonyl (C=O) groups is 2. The first-order valence-electron chi connectivity index (χ1n) is 10.8. The van der Waals surface area contributed by atoms with Crippen LogP contribution in [0, 0.1) is 0 Å². The Bertz CT molecular complexity index is 1010. The predicted octanol–water partition coefficient (Wildman–Crippen LogP) is 3.46. The predicted molar refractivity (Wildman–Crippen MR) is 134 cm³/mol. The molecule has 0 radical (unpaired) electrons. The normalized spacial score (nSPS) is 12.2. The second kappa shape index (κ2) is 13.4. The first kappa shape index (κ1) is 27.0. The van der Waals surface area contributed by atoms with Crippen LogP contribution in [0.4, 0.5) is 0 Å². The molecule has 0 fully saturated rings. The molecule has 2 aromatic rings. The van der Waals surface area contributed by atoms with Gasteiger partial charge in [-0.3, -0.25) is 9.59 Å². The van der Waals surface area contributed by atoms with E-state index in [4.69, 9.17) is 21.1 Å². The lowest BCUT2D eigenvalue weighted by Gasteiger charge is -2.23. The Balaban J connectivity index is 2.29. The molecule has 0 aromatic heterocycles. The molecular weight excluding hydrogens is 456 g/mol. The van der Waals surface area contributed by atoms with E-state index in [1.54, 1.807) is 38.4 Å². The monoisotopic (exact) mass is 486 g/mol. The van der Waals surface area contributed by atoms with Gasteiger partial charge in [0.05, 0.1) is 18.0 Å². The van der Waals surface area contributed by atoms with Crippen molar-refractivity contribution in [2.24, 2.45) is 0 Å². The van der Waals surface area contributed by atoms with Crippen LogP contribution in [0.15, 0.2) is 67.8 Å². The fraction of sp³-hybridized carbons (Fsp3) is 0.308. The zero-order valence-corrected chi connectivity index (χ0v) is 20.3. The van der Waals surface area contributed by atoms with E-state index in [0.717, 1.165) is 5.56 Å². The lowest BCUT2D eigenvalue weighted by Crippen LogP contribution is -2.45. The van der Waals surface area contributed by atoms with Crippen molar-refractivity contribution in [2.45, 2.75) is 18.6 Å². The van der Waals surface area contributed by atoms with Gasteiger partial charge in [-0.15, -0.1) is 11.6 Å². The molecule has 0 aliphatic carbocycles. The van der Waals surface area contributed by atoms with Crippen molar-refractivity contribution >= 4 is 23.4 Å². The third-order valence-corrected chi connectivity index (χ3v) is 5.17. The van der Waals surface area contributed by atoms with E-state index in [-0.39, 0.29) is 24.0 Å². The van der Waals surface area contributed by atoms with Gasteiger partial charge in [0.1, 0.15) is 24.7 Å². The minimum Gasteiger partial charge on any atom is -0.490 e. The highest BCUT2D eigenvalue weighted by atomic mass is 35.5. The summed E-state index contributed by atoms with van der Waals surface area (Å²) in [6, 6.07) is 11.3. The van der Waals surface area contributed by atoms with Gasteiger partial charge in [0.15, 0.2) is 0 Å². The minimum atomic E-state index is -0.994. The highest BCUT2D eigenvalue weighted by Crippen LogP contribution is 2.20. The summed E-state index contributed by atoms with van der Waals surface area (Å²) in [5, 5.41) is 13.3. The summed E-state index contributed by atoms with van der Waals surface area (Å²) in [4.78, 5) is 27.1. The lowest BCUT2D eigenvalue weighted by atomic mass is 10.0. The standard InChI is InChI=1S/C26H31ClN2O5/c1-5-10-33-21-9-7-8-18(12-21)13-23(24(30)17-27)28-25(31)19-14-20(26(32)29(3)4)16-22(15-19)34-11-6-2/h5-9,12,14-16,23-24,30H,1-2,10-11,13,17H2,3-4H3,(H,28,31)/t23-,24+/m0/s1. The molecule has 0 saturated carbocycles. The number of halogens is 1. The number of hydrogen-bond donors (Lipinski definition) is 2. The van der Waals surface area contributed by atoms with Crippen LogP contribution in [0.3, 0.4) is 0 Å². The van der Waals surface area contributed by atoms with Crippen LogP contribution < -0.4 is 14.8 Å². The van der Waals surface area contributed by atoms with Crippen LogP contribution in [0.5, 0.6) is 11.5 Å². The second-order valence-corrected chi connectivity index (χ2v) is 8.11. The van der Waals surface area contributed by atoms with Crippen molar-refractivity contribution < 1.29 is 24.2 Å². The molecule has 2 rings (SSSR count). The van der Waals surface area contributed by atoms with Crippen molar-refractivity contribution in [3.8, 4) is 11.5 Å². The van der Waals surface area contributed by atoms with Crippen molar-refractivity contribution in [1.82, 2.24) is 10.2 Å². The van der Waals surface area contributed by atoms with Gasteiger partial charge in [-0.1, -0.05) is 37.4 Å². The molecular formula is C26H31ClN2O5. The number of nitrogens with zero attached hydrogens (tertiary/aromatic N) is 1. The molecule has 0 saturated heterocycles. The quantitative estimate of drug-likeness (QED) is 0.334. The maximum atomic E-state index is 13.1. The number of aliphatic hydroxyl groups is 1. The zero-order valence-electron chi connectivity index (χ0n) is 19.5. The van der Waals surface area contributed by atoms with Crippen molar-refractivity contribution in [2.75, 3.05) is 33.2 Å². The summed E-state index contributed by atoms with van der Waals surface area (Å²) < 4.78 is 11.1. The van der Waals surface area contributed by atoms with Gasteiger partial charge in [0, 0.05) is 25.2 Å². The zero-order chi connectivity index (χ0) is 25.1. The van der Waals surface area contributed by atoms with E-state index in [2.05, 4.69) is 18.5 Å². The Labute approximate surface area is 205 Å². The van der Waals surface area contributed by atoms with E-state index in [9.17, 15) is 14.7 Å². The molecule has 0 unspecified atom stereocenters. The molecule has 34 heavy (non-hydrogen) atoms. The van der Waals surface area contributed by atoms with Gasteiger partial charge in [-0.05, 0) is 42.3 Å². The molecule has 182 valence electrons. The first-order valence-corrected chi connectivity index (χ1v) is 11.3. The number of carbonyl (C=O) groups excluding carboxylic acids is 2. The summed E-state index contributed by atoms with van der Waals surface area (Å²) in [5.74, 6) is 0.211. The molecule has 7 nitrogen and oxygen atoms in total. The largest absolute Gasteiger partial charge is 0.490 e. The van der Waals surface area contributed by atoms with Gasteiger partial charge in [-0.25, -0.2) is 0 Å². The number of aliphatic hydroxyl groups excluding tert-OH is 1. The smallest absolute Gasteiger partial charge is 0.253 e. The molecule has 0 aliphatic heterocycles. The van der Waals surface area contributed by atoms with Crippen LogP contribution in [-0.2, 0) is 6.42 Å². The first-order chi connectivity index (χ1) is 16.3. The Kier molecular flexibility index (Phi) is 10.6. The summed E-state index contributed by atoms with van der Waals surface area (Å²) in [6.45, 7) is 7.84. The third-order valence-electron chi connectivity index (χ3n) is 4.85. The minimum absolute atomic E-state index is 0.0650. The van der Waals surface area contributed by atoms with Crippen LogP contribution in [0.2, 0.25) is 0 Å². The number of rotatable bonds is 13. The SMILES string of the molecule is C=CCOc1cccc(C[C@H](NC(=O)c2cc(OCC=C)cc(C(=O)N(C)C)c2)[C@H](O)CCl)c1. The van der Waals surface area contributed by atoms with Crippen LogP contribution >= 0.6 is 11.6 Å². The number of hydrogen-bond acceptors (Lipinski definition) is 5. The van der Waals surface area contributed by atoms with Crippen LogP contribution in [0.1, 0.15) is 26.3 Å². The molecule has 0 aliphatic rings. The van der Waals surface area contributed by atoms with Crippen molar-refractivity contribution in [3.63, 3.8) is 0 Å². The van der Waals surface area contributed by atoms with Gasteiger partial charge < -0.3 is 24.8 Å². The number of ether oxygens (including phenoxy) is 2. The number of alkyl halides is 1. The van der Waals surface area contributed by atoms with Crippen molar-refractivity contribution in [3.05, 3.63) is 84.5 Å². The Hall–Kier alpha value is -3.29. The van der Waals surface area contributed by atoms with Gasteiger partial charge in [0.25, 0.3) is 11.8 Å². The van der Waals surface area contributed by atoms with E-state index in [1.165, 1.54) is 11.0 Å². The van der Waals surface area contributed by atoms with Crippen LogP contribution in [-0.4, -0.2) is 67.2 Å². The molecule has 0 spiro atoms. The summed E-state index contributed by atoms with van der Waals surface area (Å²) in [7, 11) is 3.25. The molecule has 0 heterocycles. The maximum absolute atomic E-state index is 13.1. The Morgan fingerprint density at radius 2 is 1.71 bits per heavy atom. The Morgan fingerprint density at radius 1 is 1.06 bits per heavy atom. The molecule has 2 amide bonds. The van der Waals surface area contributed by atoms with E-state index >= 15 is 0 Å². The molecule has 0 bridgehead atoms. The van der Waals surface area contributed by atoms with Gasteiger partial charge in [0.2, 0.25) is 0 Å². The van der Waals surface area contributed by atoms with E-state index < -0.39 is 18.1 Å². The van der Waals surface area contributed by atoms with Crippen LogP contribution in [0.25, 0.3) is 0 Å². The lowest BCUT2D eigenvalue weighted by molar-refractivity contribution is 0.0827. The second-order valence-electron chi connectivity index (χ2n) is 7.80. The fourth-order valence-electron chi connectivity index (χ4n) is 3.16. The summed E-state index contributed by atoms with van der Waals surface area (Å²) in [6.07, 6.45) is 2.54. The van der Waals surface area contributed by atoms with Gasteiger partial charge >= 0.3 is 0 Å². The topological polar surface area (TPSA) is 88.1 Å². The molecule has 8 heteroatoms. The average molecular weight is 487 g/mol. The molecule has 2 atom stereocenters. The third kappa shape index (κ3) is 7.93. The van der Waals surface area contributed by atoms with Crippen molar-refractivity contribution in [1.29, 1.82) is 0 Å². The Morgan fingerprint density at radius 3 is 2.32 bits per heavy atom. The fourth-order valence-corrected chi connectivity index (χ4v) is 3.38. The number of amides is 2. The van der Waals surface area contributed by atoms with E-state index in [0.29, 0.717) is 30.1 Å². The summed E-state index contributed by atoms with van der Waals surface area (Å²) in [5.41, 5.74) is 1.38. The number of benzene rings is 2. The maximum Gasteiger partial charge on any atom is 0.253 e. The van der Waals surface area contributed by atoms with Gasteiger partial charge in [-0.2, -0.15) is 0 Å².